The van der Waals surface area contributed by atoms with Crippen LogP contribution in [-0.2, 0) is 11.3 Å². The van der Waals surface area contributed by atoms with Crippen LogP contribution >= 0.6 is 24.0 Å². The Hall–Kier alpha value is -2.16. The third-order valence-corrected chi connectivity index (χ3v) is 4.14. The van der Waals surface area contributed by atoms with E-state index in [1.54, 1.807) is 11.0 Å². The van der Waals surface area contributed by atoms with E-state index in [1.165, 1.54) is 16.9 Å². The van der Waals surface area contributed by atoms with Gasteiger partial charge < -0.3 is 20.3 Å². The van der Waals surface area contributed by atoms with E-state index >= 15 is 0 Å². The summed E-state index contributed by atoms with van der Waals surface area (Å²) >= 11 is 6.05. The molecule has 1 amide bonds. The maximum atomic E-state index is 12.6. The van der Waals surface area contributed by atoms with Crippen LogP contribution in [0.15, 0.2) is 36.5 Å². The number of amides is 1. The second kappa shape index (κ2) is 8.28. The lowest BCUT2D eigenvalue weighted by Gasteiger charge is -2.36. The van der Waals surface area contributed by atoms with Gasteiger partial charge in [-0.1, -0.05) is 23.7 Å². The van der Waals surface area contributed by atoms with Gasteiger partial charge in [0.15, 0.2) is 0 Å². The fourth-order valence-electron chi connectivity index (χ4n) is 2.78. The highest BCUT2D eigenvalue weighted by Gasteiger charge is 2.29. The van der Waals surface area contributed by atoms with Gasteiger partial charge in [0, 0.05) is 24.7 Å². The number of hydrogen-bond donors (Lipinski definition) is 1. The average molecular weight is 386 g/mol. The number of nitrogens with zero attached hydrogens (tertiary/aromatic N) is 4. The van der Waals surface area contributed by atoms with Crippen molar-refractivity contribution in [2.75, 3.05) is 19.6 Å². The standard InChI is InChI=1S/C15H16ClN5O3.ClH/c16-12-3-1-2-11(8-12)13-9-17-5-7-20(13)15(22)10-19-6-4-14(18-19)21(23)24;/h1-4,6,8,13,17H,5,7,9-10H2;1H. The zero-order valence-corrected chi connectivity index (χ0v) is 14.7. The molecule has 8 nitrogen and oxygen atoms in total. The van der Waals surface area contributed by atoms with Gasteiger partial charge in [-0.05, 0) is 22.6 Å². The summed E-state index contributed by atoms with van der Waals surface area (Å²) in [7, 11) is 0. The smallest absolute Gasteiger partial charge is 0.358 e. The van der Waals surface area contributed by atoms with Gasteiger partial charge in [-0.3, -0.25) is 4.79 Å². The molecule has 2 aromatic rings. The molecule has 0 aliphatic carbocycles. The van der Waals surface area contributed by atoms with Crippen molar-refractivity contribution < 1.29 is 9.72 Å². The summed E-state index contributed by atoms with van der Waals surface area (Å²) in [4.78, 5) is 24.5. The number of aromatic nitrogens is 2. The van der Waals surface area contributed by atoms with Crippen molar-refractivity contribution in [3.8, 4) is 0 Å². The Labute approximate surface area is 155 Å². The highest BCUT2D eigenvalue weighted by molar-refractivity contribution is 6.30. The Balaban J connectivity index is 0.00000225. The Kier molecular flexibility index (Phi) is 6.35. The molecule has 25 heavy (non-hydrogen) atoms. The lowest BCUT2D eigenvalue weighted by atomic mass is 10.0. The first-order valence-electron chi connectivity index (χ1n) is 7.48. The maximum absolute atomic E-state index is 12.6. The molecule has 3 rings (SSSR count). The normalized spacial score (nSPS) is 17.0. The summed E-state index contributed by atoms with van der Waals surface area (Å²) in [6.45, 7) is 1.84. The van der Waals surface area contributed by atoms with E-state index in [1.807, 2.05) is 18.2 Å². The second-order valence-electron chi connectivity index (χ2n) is 5.49. The maximum Gasteiger partial charge on any atom is 0.389 e. The first-order chi connectivity index (χ1) is 11.5. The predicted molar refractivity (Wildman–Crippen MR) is 94.9 cm³/mol. The Bertz CT molecular complexity index is 767. The van der Waals surface area contributed by atoms with Gasteiger partial charge >= 0.3 is 5.82 Å². The summed E-state index contributed by atoms with van der Waals surface area (Å²) in [5.41, 5.74) is 0.953. The van der Waals surface area contributed by atoms with Crippen LogP contribution < -0.4 is 5.32 Å². The van der Waals surface area contributed by atoms with Gasteiger partial charge in [0.25, 0.3) is 0 Å². The van der Waals surface area contributed by atoms with Gasteiger partial charge in [-0.15, -0.1) is 12.4 Å². The molecule has 134 valence electrons. The summed E-state index contributed by atoms with van der Waals surface area (Å²) in [6, 6.07) is 8.57. The Morgan fingerprint density at radius 3 is 2.92 bits per heavy atom. The van der Waals surface area contributed by atoms with E-state index in [0.717, 1.165) is 5.56 Å². The lowest BCUT2D eigenvalue weighted by Crippen LogP contribution is -2.49. The quantitative estimate of drug-likeness (QED) is 0.641. The molecule has 10 heteroatoms. The third kappa shape index (κ3) is 4.47. The number of nitro groups is 1. The fourth-order valence-corrected chi connectivity index (χ4v) is 2.98. The van der Waals surface area contributed by atoms with Gasteiger partial charge in [0.2, 0.25) is 5.91 Å². The number of piperazine rings is 1. The Morgan fingerprint density at radius 1 is 1.44 bits per heavy atom. The minimum atomic E-state index is -0.583. The van der Waals surface area contributed by atoms with Gasteiger partial charge in [0.05, 0.1) is 23.4 Å². The van der Waals surface area contributed by atoms with Crippen LogP contribution in [0, 0.1) is 10.1 Å². The third-order valence-electron chi connectivity index (χ3n) is 3.91. The van der Waals surface area contributed by atoms with Crippen LogP contribution in [0.3, 0.4) is 0 Å². The van der Waals surface area contributed by atoms with E-state index in [4.69, 9.17) is 11.6 Å². The summed E-state index contributed by atoms with van der Waals surface area (Å²) in [5, 5.41) is 18.4. The zero-order chi connectivity index (χ0) is 17.1. The molecule has 1 fully saturated rings. The molecule has 0 saturated carbocycles. The zero-order valence-electron chi connectivity index (χ0n) is 13.2. The molecular formula is C15H17Cl2N5O3. The van der Waals surface area contributed by atoms with Gasteiger partial charge in [-0.2, -0.15) is 4.68 Å². The largest absolute Gasteiger partial charge is 0.389 e. The van der Waals surface area contributed by atoms with Crippen molar-refractivity contribution in [3.63, 3.8) is 0 Å². The number of halogens is 2. The molecule has 1 unspecified atom stereocenters. The van der Waals surface area contributed by atoms with Crippen LogP contribution in [0.25, 0.3) is 0 Å². The van der Waals surface area contributed by atoms with E-state index in [9.17, 15) is 14.9 Å². The minimum Gasteiger partial charge on any atom is -0.358 e. The van der Waals surface area contributed by atoms with Crippen LogP contribution in [0.5, 0.6) is 0 Å². The van der Waals surface area contributed by atoms with Crippen molar-refractivity contribution in [3.05, 3.63) is 57.2 Å². The van der Waals surface area contributed by atoms with E-state index in [-0.39, 0.29) is 36.7 Å². The van der Waals surface area contributed by atoms with E-state index in [0.29, 0.717) is 24.7 Å². The Morgan fingerprint density at radius 2 is 2.24 bits per heavy atom. The molecule has 0 radical (unpaired) electrons. The van der Waals surface area contributed by atoms with E-state index < -0.39 is 4.92 Å². The molecule has 2 heterocycles. The summed E-state index contributed by atoms with van der Waals surface area (Å²) in [5.74, 6) is -0.408. The number of carbonyl (C=O) groups is 1. The number of nitrogens with one attached hydrogen (secondary N) is 1. The first kappa shape index (κ1) is 19.2. The number of carbonyl (C=O) groups excluding carboxylic acids is 1. The topological polar surface area (TPSA) is 93.3 Å². The summed E-state index contributed by atoms with van der Waals surface area (Å²) in [6.07, 6.45) is 1.44. The molecule has 1 N–H and O–H groups in total. The van der Waals surface area contributed by atoms with Crippen molar-refractivity contribution in [2.45, 2.75) is 12.6 Å². The van der Waals surface area contributed by atoms with Crippen molar-refractivity contribution in [2.24, 2.45) is 0 Å². The predicted octanol–water partition coefficient (Wildman–Crippen LogP) is 2.04. The molecule has 1 aliphatic heterocycles. The number of rotatable bonds is 4. The fraction of sp³-hybridized carbons (Fsp3) is 0.333. The second-order valence-corrected chi connectivity index (χ2v) is 5.93. The first-order valence-corrected chi connectivity index (χ1v) is 7.86. The highest BCUT2D eigenvalue weighted by atomic mass is 35.5. The monoisotopic (exact) mass is 385 g/mol. The molecule has 0 spiro atoms. The molecule has 1 aromatic heterocycles. The highest BCUT2D eigenvalue weighted by Crippen LogP contribution is 2.25. The SMILES string of the molecule is Cl.O=C(Cn1ccc([N+](=O)[O-])n1)N1CCNCC1c1cccc(Cl)c1. The number of hydrogen-bond acceptors (Lipinski definition) is 5. The van der Waals surface area contributed by atoms with Crippen LogP contribution in [0.4, 0.5) is 5.82 Å². The molecule has 1 aliphatic rings. The molecular weight excluding hydrogens is 369 g/mol. The van der Waals surface area contributed by atoms with Crippen LogP contribution in [-0.4, -0.2) is 45.1 Å². The van der Waals surface area contributed by atoms with Crippen LogP contribution in [0.1, 0.15) is 11.6 Å². The number of benzene rings is 1. The van der Waals surface area contributed by atoms with Crippen molar-refractivity contribution in [1.29, 1.82) is 0 Å². The minimum absolute atomic E-state index is 0. The molecule has 1 atom stereocenters. The molecule has 1 aromatic carbocycles. The average Bonchev–Trinajstić information content (AvgIpc) is 3.03. The van der Waals surface area contributed by atoms with Crippen molar-refractivity contribution >= 4 is 35.7 Å². The van der Waals surface area contributed by atoms with Gasteiger partial charge in [0.1, 0.15) is 6.54 Å². The molecule has 1 saturated heterocycles. The van der Waals surface area contributed by atoms with Crippen molar-refractivity contribution in [1.82, 2.24) is 20.0 Å². The molecule has 0 bridgehead atoms. The summed E-state index contributed by atoms with van der Waals surface area (Å²) < 4.78 is 1.29. The van der Waals surface area contributed by atoms with Crippen LogP contribution in [0.2, 0.25) is 5.02 Å². The van der Waals surface area contributed by atoms with Gasteiger partial charge in [-0.25, -0.2) is 0 Å². The van der Waals surface area contributed by atoms with E-state index in [2.05, 4.69) is 10.4 Å². The lowest BCUT2D eigenvalue weighted by molar-refractivity contribution is -0.389.